The van der Waals surface area contributed by atoms with Gasteiger partial charge in [-0.1, -0.05) is 6.07 Å². The molecular formula is C15H24IN3O3. The minimum Gasteiger partial charge on any atom is -0.454 e. The summed E-state index contributed by atoms with van der Waals surface area (Å²) >= 11 is 0. The SMILES string of the molecule is CCNC(=NCc1ccc2c(c1)OCO2)NCCCOC.I. The summed E-state index contributed by atoms with van der Waals surface area (Å²) < 4.78 is 15.7. The van der Waals surface area contributed by atoms with Crippen LogP contribution in [0.2, 0.25) is 0 Å². The molecule has 7 heteroatoms. The highest BCUT2D eigenvalue weighted by Crippen LogP contribution is 2.32. The second kappa shape index (κ2) is 10.5. The maximum absolute atomic E-state index is 5.37. The Morgan fingerprint density at radius 1 is 1.27 bits per heavy atom. The number of halogens is 1. The van der Waals surface area contributed by atoms with E-state index in [0.717, 1.165) is 49.1 Å². The molecule has 1 heterocycles. The van der Waals surface area contributed by atoms with Gasteiger partial charge < -0.3 is 24.8 Å². The minimum absolute atomic E-state index is 0. The molecule has 1 aliphatic heterocycles. The van der Waals surface area contributed by atoms with Crippen molar-refractivity contribution in [1.29, 1.82) is 0 Å². The van der Waals surface area contributed by atoms with Gasteiger partial charge in [0.25, 0.3) is 0 Å². The second-order valence-electron chi connectivity index (χ2n) is 4.66. The molecule has 2 rings (SSSR count). The molecule has 0 atom stereocenters. The van der Waals surface area contributed by atoms with Crippen molar-refractivity contribution in [2.24, 2.45) is 4.99 Å². The number of benzene rings is 1. The average molecular weight is 421 g/mol. The van der Waals surface area contributed by atoms with Gasteiger partial charge in [0.1, 0.15) is 0 Å². The highest BCUT2D eigenvalue weighted by Gasteiger charge is 2.12. The molecule has 0 saturated heterocycles. The van der Waals surface area contributed by atoms with Crippen LogP contribution in [0.4, 0.5) is 0 Å². The van der Waals surface area contributed by atoms with Crippen LogP contribution in [-0.2, 0) is 11.3 Å². The van der Waals surface area contributed by atoms with Crippen LogP contribution < -0.4 is 20.1 Å². The van der Waals surface area contributed by atoms with Gasteiger partial charge in [0.2, 0.25) is 6.79 Å². The smallest absolute Gasteiger partial charge is 0.231 e. The Morgan fingerprint density at radius 2 is 2.09 bits per heavy atom. The highest BCUT2D eigenvalue weighted by molar-refractivity contribution is 14.0. The number of nitrogens with zero attached hydrogens (tertiary/aromatic N) is 1. The molecule has 0 aliphatic carbocycles. The third kappa shape index (κ3) is 5.88. The summed E-state index contributed by atoms with van der Waals surface area (Å²) in [6.07, 6.45) is 0.949. The van der Waals surface area contributed by atoms with Crippen molar-refractivity contribution >= 4 is 29.9 Å². The lowest BCUT2D eigenvalue weighted by molar-refractivity contribution is 0.174. The van der Waals surface area contributed by atoms with Crippen LogP contribution in [0, 0.1) is 0 Å². The Bertz CT molecular complexity index is 483. The summed E-state index contributed by atoms with van der Waals surface area (Å²) in [5.74, 6) is 2.40. The van der Waals surface area contributed by atoms with Crippen molar-refractivity contribution in [3.05, 3.63) is 23.8 Å². The van der Waals surface area contributed by atoms with E-state index in [1.807, 2.05) is 25.1 Å². The van der Waals surface area contributed by atoms with Gasteiger partial charge in [0.05, 0.1) is 6.54 Å². The molecule has 0 unspecified atom stereocenters. The average Bonchev–Trinajstić information content (AvgIpc) is 2.96. The molecule has 0 spiro atoms. The maximum Gasteiger partial charge on any atom is 0.231 e. The molecule has 0 fully saturated rings. The predicted molar refractivity (Wildman–Crippen MR) is 97.3 cm³/mol. The zero-order valence-electron chi connectivity index (χ0n) is 13.1. The first-order valence-corrected chi connectivity index (χ1v) is 7.23. The van der Waals surface area contributed by atoms with E-state index in [2.05, 4.69) is 15.6 Å². The molecule has 1 aliphatic rings. The van der Waals surface area contributed by atoms with Crippen LogP contribution in [0.3, 0.4) is 0 Å². The molecule has 0 amide bonds. The fourth-order valence-electron chi connectivity index (χ4n) is 1.97. The van der Waals surface area contributed by atoms with E-state index in [0.29, 0.717) is 13.3 Å². The number of hydrogen-bond donors (Lipinski definition) is 2. The fourth-order valence-corrected chi connectivity index (χ4v) is 1.97. The molecule has 0 aromatic heterocycles. The molecular weight excluding hydrogens is 397 g/mol. The van der Waals surface area contributed by atoms with Gasteiger partial charge in [-0.15, -0.1) is 24.0 Å². The van der Waals surface area contributed by atoms with Gasteiger partial charge in [-0.05, 0) is 31.0 Å². The summed E-state index contributed by atoms with van der Waals surface area (Å²) in [5.41, 5.74) is 1.09. The lowest BCUT2D eigenvalue weighted by Crippen LogP contribution is -2.38. The Balaban J connectivity index is 0.00000242. The molecule has 1 aromatic rings. The lowest BCUT2D eigenvalue weighted by atomic mass is 10.2. The van der Waals surface area contributed by atoms with E-state index in [1.165, 1.54) is 0 Å². The first-order valence-electron chi connectivity index (χ1n) is 7.23. The number of fused-ring (bicyclic) bond motifs is 1. The van der Waals surface area contributed by atoms with Gasteiger partial charge >= 0.3 is 0 Å². The fraction of sp³-hybridized carbons (Fsp3) is 0.533. The van der Waals surface area contributed by atoms with Gasteiger partial charge in [-0.2, -0.15) is 0 Å². The standard InChI is InChI=1S/C15H23N3O3.HI/c1-3-16-15(17-7-4-8-19-2)18-10-12-5-6-13-14(9-12)21-11-20-13;/h5-6,9H,3-4,7-8,10-11H2,1-2H3,(H2,16,17,18);1H. The van der Waals surface area contributed by atoms with Crippen LogP contribution in [0.25, 0.3) is 0 Å². The van der Waals surface area contributed by atoms with Crippen LogP contribution in [0.1, 0.15) is 18.9 Å². The van der Waals surface area contributed by atoms with E-state index in [-0.39, 0.29) is 24.0 Å². The second-order valence-corrected chi connectivity index (χ2v) is 4.66. The molecule has 6 nitrogen and oxygen atoms in total. The molecule has 124 valence electrons. The number of hydrogen-bond acceptors (Lipinski definition) is 4. The monoisotopic (exact) mass is 421 g/mol. The molecule has 0 bridgehead atoms. The zero-order chi connectivity index (χ0) is 14.9. The van der Waals surface area contributed by atoms with Gasteiger partial charge in [0, 0.05) is 26.8 Å². The van der Waals surface area contributed by atoms with E-state index in [4.69, 9.17) is 14.2 Å². The van der Waals surface area contributed by atoms with Gasteiger partial charge in [-0.25, -0.2) is 4.99 Å². The Kier molecular flexibility index (Phi) is 8.98. The molecule has 22 heavy (non-hydrogen) atoms. The Morgan fingerprint density at radius 3 is 2.86 bits per heavy atom. The maximum atomic E-state index is 5.37. The van der Waals surface area contributed by atoms with E-state index >= 15 is 0 Å². The largest absolute Gasteiger partial charge is 0.454 e. The minimum atomic E-state index is 0. The van der Waals surface area contributed by atoms with E-state index < -0.39 is 0 Å². The molecule has 1 aromatic carbocycles. The predicted octanol–water partition coefficient (Wildman–Crippen LogP) is 2.12. The number of aliphatic imine (C=N–C) groups is 1. The van der Waals surface area contributed by atoms with Crippen LogP contribution in [0.15, 0.2) is 23.2 Å². The third-order valence-electron chi connectivity index (χ3n) is 3.02. The summed E-state index contributed by atoms with van der Waals surface area (Å²) in [4.78, 5) is 4.56. The third-order valence-corrected chi connectivity index (χ3v) is 3.02. The van der Waals surface area contributed by atoms with Crippen LogP contribution in [0.5, 0.6) is 11.5 Å². The molecule has 0 radical (unpaired) electrons. The molecule has 0 saturated carbocycles. The molecule has 2 N–H and O–H groups in total. The van der Waals surface area contributed by atoms with Crippen molar-refractivity contribution in [3.8, 4) is 11.5 Å². The number of rotatable bonds is 7. The first kappa shape index (κ1) is 18.8. The Hall–Kier alpha value is -1.22. The highest BCUT2D eigenvalue weighted by atomic mass is 127. The van der Waals surface area contributed by atoms with Gasteiger partial charge in [0.15, 0.2) is 17.5 Å². The normalized spacial score (nSPS) is 12.7. The topological polar surface area (TPSA) is 64.1 Å². The Labute approximate surface area is 148 Å². The lowest BCUT2D eigenvalue weighted by Gasteiger charge is -2.11. The number of nitrogens with one attached hydrogen (secondary N) is 2. The van der Waals surface area contributed by atoms with Gasteiger partial charge in [-0.3, -0.25) is 0 Å². The summed E-state index contributed by atoms with van der Waals surface area (Å²) in [5, 5.41) is 6.51. The number of ether oxygens (including phenoxy) is 3. The number of guanidine groups is 1. The quantitative estimate of drug-likeness (QED) is 0.306. The van der Waals surface area contributed by atoms with Crippen molar-refractivity contribution < 1.29 is 14.2 Å². The first-order chi connectivity index (χ1) is 10.3. The number of methoxy groups -OCH3 is 1. The van der Waals surface area contributed by atoms with Crippen LogP contribution >= 0.6 is 24.0 Å². The van der Waals surface area contributed by atoms with E-state index in [9.17, 15) is 0 Å². The summed E-state index contributed by atoms with van der Waals surface area (Å²) in [6, 6.07) is 5.90. The van der Waals surface area contributed by atoms with Crippen molar-refractivity contribution in [3.63, 3.8) is 0 Å². The van der Waals surface area contributed by atoms with Crippen LogP contribution in [-0.4, -0.2) is 39.6 Å². The van der Waals surface area contributed by atoms with E-state index in [1.54, 1.807) is 7.11 Å². The van der Waals surface area contributed by atoms with Crippen molar-refractivity contribution in [2.45, 2.75) is 19.9 Å². The zero-order valence-corrected chi connectivity index (χ0v) is 15.4. The van der Waals surface area contributed by atoms with Crippen molar-refractivity contribution in [2.75, 3.05) is 33.6 Å². The van der Waals surface area contributed by atoms with Crippen molar-refractivity contribution in [1.82, 2.24) is 10.6 Å². The summed E-state index contributed by atoms with van der Waals surface area (Å²) in [6.45, 7) is 5.35. The summed E-state index contributed by atoms with van der Waals surface area (Å²) in [7, 11) is 1.71.